The molecule has 1 aromatic carbocycles. The Bertz CT molecular complexity index is 1470. The van der Waals surface area contributed by atoms with Crippen molar-refractivity contribution in [1.82, 2.24) is 19.7 Å². The maximum absolute atomic E-state index is 11.5. The monoisotopic (exact) mass is 606 g/mol. The quantitative estimate of drug-likeness (QED) is 0.239. The number of nitrogens with one attached hydrogen (secondary N) is 1. The van der Waals surface area contributed by atoms with E-state index >= 15 is 0 Å². The van der Waals surface area contributed by atoms with Gasteiger partial charge in [0.25, 0.3) is 0 Å². The first kappa shape index (κ1) is 33.3. The first-order valence-corrected chi connectivity index (χ1v) is 16.6. The zero-order valence-corrected chi connectivity index (χ0v) is 27.8. The number of carbonyl (C=O) groups excluding carboxylic acids is 1. The minimum absolute atomic E-state index is 0. The molecule has 0 saturated carbocycles. The molecule has 1 radical (unpaired) electrons. The number of aryl methyl sites for hydroxylation is 1. The number of nitrogens with zero attached hydrogens (tertiary/aromatic N) is 6. The van der Waals surface area contributed by atoms with Gasteiger partial charge in [0.2, 0.25) is 5.95 Å². The maximum Gasteiger partial charge on any atom is 0.329 e. The number of benzene rings is 1. The molecule has 3 aromatic rings. The number of hydrogen-bond acceptors (Lipinski definition) is 9. The largest absolute Gasteiger partial charge is 0.416 e. The molecule has 1 aliphatic rings. The lowest BCUT2D eigenvalue weighted by atomic mass is 9.83. The summed E-state index contributed by atoms with van der Waals surface area (Å²) < 4.78 is 13.7. The molecule has 3 heterocycles. The Labute approximate surface area is 257 Å². The number of carbonyl (C=O) groups is 1. The summed E-state index contributed by atoms with van der Waals surface area (Å²) in [7, 11) is 1.11. The lowest BCUT2D eigenvalue weighted by Crippen LogP contribution is -2.46. The summed E-state index contributed by atoms with van der Waals surface area (Å²) in [5.41, 5.74) is 4.08. The van der Waals surface area contributed by atoms with Gasteiger partial charge >= 0.3 is 7.41 Å². The van der Waals surface area contributed by atoms with Crippen LogP contribution in [0.4, 0.5) is 17.5 Å². The van der Waals surface area contributed by atoms with Gasteiger partial charge in [-0.05, 0) is 48.8 Å². The van der Waals surface area contributed by atoms with E-state index in [4.69, 9.17) is 14.1 Å². The summed E-state index contributed by atoms with van der Waals surface area (Å²) in [6.45, 7) is 17.3. The van der Waals surface area contributed by atoms with Crippen LogP contribution in [0, 0.1) is 18.3 Å². The van der Waals surface area contributed by atoms with E-state index in [-0.39, 0.29) is 18.5 Å². The van der Waals surface area contributed by atoms with Crippen LogP contribution in [0.3, 0.4) is 0 Å². The average Bonchev–Trinajstić information content (AvgIpc) is 3.41. The average molecular weight is 607 g/mol. The van der Waals surface area contributed by atoms with Gasteiger partial charge in [-0.25, -0.2) is 14.6 Å². The first-order chi connectivity index (χ1) is 19.3. The van der Waals surface area contributed by atoms with E-state index in [0.29, 0.717) is 43.5 Å². The van der Waals surface area contributed by atoms with Crippen LogP contribution < -0.4 is 10.1 Å². The molecule has 1 atom stereocenters. The number of rotatable bonds is 11. The molecule has 1 N–H and O–H groups in total. The normalized spacial score (nSPS) is 16.4. The molecule has 0 bridgehead atoms. The summed E-state index contributed by atoms with van der Waals surface area (Å²) in [5.74, 6) is 1.18. The number of aromatic nitrogens is 4. The predicted molar refractivity (Wildman–Crippen MR) is 175 cm³/mol. The van der Waals surface area contributed by atoms with Gasteiger partial charge in [0, 0.05) is 49.2 Å². The maximum atomic E-state index is 11.5. The van der Waals surface area contributed by atoms with Crippen LogP contribution in [0.1, 0.15) is 44.5 Å². The summed E-state index contributed by atoms with van der Waals surface area (Å²) in [6.07, 6.45) is 2.46. The molecule has 1 aliphatic heterocycles. The topological polar surface area (TPSA) is 118 Å². The molecule has 0 fully saturated rings. The van der Waals surface area contributed by atoms with E-state index < -0.39 is 13.7 Å². The highest BCUT2D eigenvalue weighted by Gasteiger charge is 2.44. The minimum Gasteiger partial charge on any atom is -0.416 e. The van der Waals surface area contributed by atoms with Crippen LogP contribution >= 0.6 is 13.5 Å². The molecule has 0 spiro atoms. The highest BCUT2D eigenvalue weighted by molar-refractivity contribution is 7.59. The van der Waals surface area contributed by atoms with Crippen molar-refractivity contribution in [2.75, 3.05) is 37.0 Å². The summed E-state index contributed by atoms with van der Waals surface area (Å²) >= 11 is 0. The molecule has 0 aliphatic carbocycles. The second kappa shape index (κ2) is 13.0. The minimum atomic E-state index is -2.04. The summed E-state index contributed by atoms with van der Waals surface area (Å²) in [4.78, 5) is 22.6. The fourth-order valence-electron chi connectivity index (χ4n) is 4.75. The second-order valence-electron chi connectivity index (χ2n) is 12.3. The molecular weight excluding hydrogens is 565 g/mol. The zero-order valence-electron chi connectivity index (χ0n) is 25.8. The Morgan fingerprint density at radius 2 is 2.02 bits per heavy atom. The molecule has 4 rings (SSSR count). The highest BCUT2D eigenvalue weighted by atomic mass is 32.1. The standard InChI is InChI=1S/C29H39BN7O3Si.H2S/c1-20-13-25(37(35-20)11-12-39-6)34-27-32-10-9-24(33-27)21-14-22(16-31)26-23(15-21)29(5,17-36(26)30-19-38)18-40-41(7,8)28(2,3)4;/h9-10,13-15,19H,11-12,17-18H2,1-8H3,(H,32,33,34);1H2/t29-;/m0./s1. The van der Waals surface area contributed by atoms with Gasteiger partial charge in [-0.15, -0.1) is 0 Å². The SMILES string of the molecule is COCCn1nc(C)cc1Nc1nccc(-c2cc(C#N)c3c(c2)[C@](C)(CO[Si](C)(C)C(C)(C)C)CN3[B]C=O)n1.S. The molecule has 2 aromatic heterocycles. The number of methoxy groups -OCH3 is 1. The van der Waals surface area contributed by atoms with Gasteiger partial charge in [-0.3, -0.25) is 0 Å². The van der Waals surface area contributed by atoms with E-state index in [0.717, 1.165) is 34.5 Å². The van der Waals surface area contributed by atoms with Crippen LogP contribution in [0.25, 0.3) is 11.3 Å². The fraction of sp³-hybridized carbons (Fsp3) is 0.483. The van der Waals surface area contributed by atoms with Crippen molar-refractivity contribution in [3.63, 3.8) is 0 Å². The first-order valence-electron chi connectivity index (χ1n) is 13.7. The smallest absolute Gasteiger partial charge is 0.329 e. The Hall–Kier alpha value is -3.18. The van der Waals surface area contributed by atoms with E-state index in [1.165, 1.54) is 7.41 Å². The third-order valence-corrected chi connectivity index (χ3v) is 12.6. The number of hydrogen-bond donors (Lipinski definition) is 1. The Balaban J connectivity index is 0.00000484. The molecular formula is C29H41BN7O3SSi. The summed E-state index contributed by atoms with van der Waals surface area (Å²) in [6, 6.07) is 10.0. The lowest BCUT2D eigenvalue weighted by molar-refractivity contribution is 0.184. The molecule has 0 saturated heterocycles. The van der Waals surface area contributed by atoms with Crippen molar-refractivity contribution < 1.29 is 14.0 Å². The van der Waals surface area contributed by atoms with Gasteiger partial charge < -0.3 is 24.1 Å². The molecule has 223 valence electrons. The van der Waals surface area contributed by atoms with Crippen LogP contribution in [0.15, 0.2) is 30.5 Å². The van der Waals surface area contributed by atoms with Crippen LogP contribution in [0.2, 0.25) is 18.1 Å². The van der Waals surface area contributed by atoms with Crippen molar-refractivity contribution in [3.05, 3.63) is 47.3 Å². The van der Waals surface area contributed by atoms with E-state index in [9.17, 15) is 10.1 Å². The van der Waals surface area contributed by atoms with Gasteiger partial charge in [-0.2, -0.15) is 23.9 Å². The van der Waals surface area contributed by atoms with Gasteiger partial charge in [0.05, 0.1) is 30.1 Å². The molecule has 10 nitrogen and oxygen atoms in total. The van der Waals surface area contributed by atoms with Crippen molar-refractivity contribution in [2.45, 2.75) is 64.7 Å². The highest BCUT2D eigenvalue weighted by Crippen LogP contribution is 2.46. The van der Waals surface area contributed by atoms with E-state index in [2.05, 4.69) is 68.3 Å². The number of fused-ring (bicyclic) bond motifs is 1. The Morgan fingerprint density at radius 1 is 1.29 bits per heavy atom. The lowest BCUT2D eigenvalue weighted by Gasteiger charge is -2.39. The second-order valence-corrected chi connectivity index (χ2v) is 17.1. The number of ether oxygens (including phenoxy) is 1. The molecule has 13 heteroatoms. The van der Waals surface area contributed by atoms with E-state index in [1.54, 1.807) is 13.3 Å². The predicted octanol–water partition coefficient (Wildman–Crippen LogP) is 4.93. The molecule has 0 unspecified atom stereocenters. The van der Waals surface area contributed by atoms with Crippen molar-refractivity contribution in [1.29, 1.82) is 5.26 Å². The van der Waals surface area contributed by atoms with Crippen molar-refractivity contribution >= 4 is 52.9 Å². The van der Waals surface area contributed by atoms with E-state index in [1.807, 2.05) is 34.6 Å². The summed E-state index contributed by atoms with van der Waals surface area (Å²) in [5, 5.41) is 18.0. The Morgan fingerprint density at radius 3 is 2.67 bits per heavy atom. The third kappa shape index (κ3) is 6.89. The molecule has 42 heavy (non-hydrogen) atoms. The van der Waals surface area contributed by atoms with Crippen LogP contribution in [-0.2, 0) is 25.9 Å². The van der Waals surface area contributed by atoms with Crippen molar-refractivity contribution in [3.8, 4) is 17.3 Å². The number of anilines is 3. The molecule has 0 amide bonds. The van der Waals surface area contributed by atoms with Crippen molar-refractivity contribution in [2.24, 2.45) is 0 Å². The number of nitriles is 1. The Kier molecular flexibility index (Phi) is 10.3. The zero-order chi connectivity index (χ0) is 30.0. The van der Waals surface area contributed by atoms with Gasteiger partial charge in [0.1, 0.15) is 18.1 Å². The van der Waals surface area contributed by atoms with Crippen LogP contribution in [0.5, 0.6) is 0 Å². The van der Waals surface area contributed by atoms with Gasteiger partial charge in [-0.1, -0.05) is 27.7 Å². The van der Waals surface area contributed by atoms with Crippen LogP contribution in [-0.4, -0.2) is 68.5 Å². The van der Waals surface area contributed by atoms with Gasteiger partial charge in [0.15, 0.2) is 8.32 Å². The fourth-order valence-corrected chi connectivity index (χ4v) is 5.86. The third-order valence-electron chi connectivity index (χ3n) is 8.09.